The Hall–Kier alpha value is -1.80. The summed E-state index contributed by atoms with van der Waals surface area (Å²) in [6.07, 6.45) is 0. The van der Waals surface area contributed by atoms with E-state index in [2.05, 4.69) is 9.71 Å². The molecule has 1 aromatic carbocycles. The van der Waals surface area contributed by atoms with Crippen LogP contribution in [0.4, 0.5) is 5.69 Å². The summed E-state index contributed by atoms with van der Waals surface area (Å²) in [5.74, 6) is 0.0583. The topological polar surface area (TPSA) is 99.3 Å². The van der Waals surface area contributed by atoms with Crippen molar-refractivity contribution < 1.29 is 13.5 Å². The molecule has 0 aliphatic carbocycles. The highest BCUT2D eigenvalue weighted by Gasteiger charge is 2.21. The summed E-state index contributed by atoms with van der Waals surface area (Å²) in [7, 11) is -3.80. The van der Waals surface area contributed by atoms with E-state index in [9.17, 15) is 18.3 Å². The number of hydrogen-bond donors (Lipinski definition) is 3. The molecule has 0 saturated carbocycles. The number of aromatic hydroxyl groups is 1. The maximum absolute atomic E-state index is 12.2. The van der Waals surface area contributed by atoms with E-state index in [1.54, 1.807) is 6.92 Å². The van der Waals surface area contributed by atoms with Gasteiger partial charge < -0.3 is 10.1 Å². The van der Waals surface area contributed by atoms with Gasteiger partial charge in [0.2, 0.25) is 0 Å². The maximum atomic E-state index is 12.2. The lowest BCUT2D eigenvalue weighted by atomic mass is 10.2. The number of aromatic amines is 1. The molecule has 2 aromatic rings. The van der Waals surface area contributed by atoms with Crippen LogP contribution < -0.4 is 9.60 Å². The standard InChI is InChI=1S/C11H12N2O4S2/c1-6-5-8(14)3-4-9(6)13-19(16,17)10-7(2)12-11(15)18-10/h3-5,13-14H,1-2H3,(H,12,15). The smallest absolute Gasteiger partial charge is 0.306 e. The number of sulfonamides is 1. The Bertz CT molecular complexity index is 774. The molecule has 3 N–H and O–H groups in total. The van der Waals surface area contributed by atoms with Crippen LogP contribution in [0.25, 0.3) is 0 Å². The normalized spacial score (nSPS) is 11.5. The first kappa shape index (κ1) is 13.6. The van der Waals surface area contributed by atoms with Crippen LogP contribution in [0.3, 0.4) is 0 Å². The summed E-state index contributed by atoms with van der Waals surface area (Å²) in [6, 6.07) is 4.30. The fourth-order valence-corrected chi connectivity index (χ4v) is 4.03. The number of H-pyrrole nitrogens is 1. The number of thiazole rings is 1. The second-order valence-corrected chi connectivity index (χ2v) is 6.89. The number of phenols is 1. The first-order valence-corrected chi connectivity index (χ1v) is 7.62. The highest BCUT2D eigenvalue weighted by atomic mass is 32.2. The molecule has 102 valence electrons. The second kappa shape index (κ2) is 4.71. The summed E-state index contributed by atoms with van der Waals surface area (Å²) < 4.78 is 26.7. The fraction of sp³-hybridized carbons (Fsp3) is 0.182. The summed E-state index contributed by atoms with van der Waals surface area (Å²) in [5.41, 5.74) is 1.25. The molecule has 6 nitrogen and oxygen atoms in total. The van der Waals surface area contributed by atoms with Crippen LogP contribution in [0.5, 0.6) is 5.75 Å². The van der Waals surface area contributed by atoms with Crippen molar-refractivity contribution in [2.45, 2.75) is 18.1 Å². The van der Waals surface area contributed by atoms with Gasteiger partial charge in [0, 0.05) is 5.69 Å². The van der Waals surface area contributed by atoms with Gasteiger partial charge in [-0.15, -0.1) is 0 Å². The zero-order valence-electron chi connectivity index (χ0n) is 10.2. The van der Waals surface area contributed by atoms with Crippen LogP contribution in [0.1, 0.15) is 11.3 Å². The molecule has 0 spiro atoms. The Kier molecular flexibility index (Phi) is 3.38. The lowest BCUT2D eigenvalue weighted by Gasteiger charge is -2.09. The van der Waals surface area contributed by atoms with E-state index in [1.807, 2.05) is 0 Å². The molecule has 0 atom stereocenters. The van der Waals surface area contributed by atoms with Gasteiger partial charge in [-0.3, -0.25) is 9.52 Å². The third-order valence-electron chi connectivity index (χ3n) is 2.48. The van der Waals surface area contributed by atoms with Crippen molar-refractivity contribution in [1.82, 2.24) is 4.98 Å². The van der Waals surface area contributed by atoms with Crippen LogP contribution in [0.15, 0.2) is 27.2 Å². The summed E-state index contributed by atoms with van der Waals surface area (Å²) in [5, 5.41) is 9.28. The molecule has 1 heterocycles. The van der Waals surface area contributed by atoms with Gasteiger partial charge in [0.25, 0.3) is 10.0 Å². The van der Waals surface area contributed by atoms with E-state index in [4.69, 9.17) is 0 Å². The molecule has 2 rings (SSSR count). The number of anilines is 1. The Labute approximate surface area is 113 Å². The number of nitrogens with one attached hydrogen (secondary N) is 2. The molecule has 8 heteroatoms. The predicted octanol–water partition coefficient (Wildman–Crippen LogP) is 1.56. The molecule has 1 aromatic heterocycles. The first-order valence-electron chi connectivity index (χ1n) is 5.32. The van der Waals surface area contributed by atoms with Gasteiger partial charge in [-0.2, -0.15) is 0 Å². The minimum absolute atomic E-state index is 0.0371. The number of phenolic OH excluding ortho intramolecular Hbond substituents is 1. The summed E-state index contributed by atoms with van der Waals surface area (Å²) in [4.78, 5) is 13.2. The van der Waals surface area contributed by atoms with Crippen LogP contribution >= 0.6 is 11.3 Å². The van der Waals surface area contributed by atoms with Crippen LogP contribution in [0.2, 0.25) is 0 Å². The highest BCUT2D eigenvalue weighted by molar-refractivity contribution is 7.94. The SMILES string of the molecule is Cc1cc(O)ccc1NS(=O)(=O)c1sc(=O)[nH]c1C. The molecule has 19 heavy (non-hydrogen) atoms. The van der Waals surface area contributed by atoms with E-state index >= 15 is 0 Å². The van der Waals surface area contributed by atoms with Gasteiger partial charge in [-0.05, 0) is 37.6 Å². The number of benzene rings is 1. The number of aromatic nitrogens is 1. The zero-order valence-corrected chi connectivity index (χ0v) is 11.9. The molecule has 0 amide bonds. The molecular weight excluding hydrogens is 288 g/mol. The monoisotopic (exact) mass is 300 g/mol. The van der Waals surface area contributed by atoms with Gasteiger partial charge >= 0.3 is 4.87 Å². The molecule has 0 aliphatic heterocycles. The fourth-order valence-electron chi connectivity index (χ4n) is 1.60. The van der Waals surface area contributed by atoms with Crippen molar-refractivity contribution in [2.75, 3.05) is 4.72 Å². The molecule has 0 aliphatic rings. The average Bonchev–Trinajstić information content (AvgIpc) is 2.63. The quantitative estimate of drug-likeness (QED) is 0.749. The largest absolute Gasteiger partial charge is 0.508 e. The van der Waals surface area contributed by atoms with Gasteiger partial charge in [-0.25, -0.2) is 8.42 Å². The lowest BCUT2D eigenvalue weighted by Crippen LogP contribution is -2.13. The third kappa shape index (κ3) is 2.79. The summed E-state index contributed by atoms with van der Waals surface area (Å²) >= 11 is 0.639. The molecule has 0 unspecified atom stereocenters. The van der Waals surface area contributed by atoms with Crippen molar-refractivity contribution in [3.8, 4) is 5.75 Å². The van der Waals surface area contributed by atoms with Crippen LogP contribution in [-0.2, 0) is 10.0 Å². The molecule has 0 radical (unpaired) electrons. The van der Waals surface area contributed by atoms with Crippen LogP contribution in [-0.4, -0.2) is 18.5 Å². The van der Waals surface area contributed by atoms with E-state index in [0.717, 1.165) is 0 Å². The van der Waals surface area contributed by atoms with E-state index in [-0.39, 0.29) is 9.96 Å². The van der Waals surface area contributed by atoms with Gasteiger partial charge in [0.05, 0.1) is 5.69 Å². The first-order chi connectivity index (χ1) is 8.79. The highest BCUT2D eigenvalue weighted by Crippen LogP contribution is 2.24. The lowest BCUT2D eigenvalue weighted by molar-refractivity contribution is 0.475. The van der Waals surface area contributed by atoms with Gasteiger partial charge in [-0.1, -0.05) is 11.3 Å². The second-order valence-electron chi connectivity index (χ2n) is 4.03. The maximum Gasteiger partial charge on any atom is 0.306 e. The van der Waals surface area contributed by atoms with Crippen LogP contribution in [0, 0.1) is 13.8 Å². The minimum atomic E-state index is -3.80. The molecule has 0 bridgehead atoms. The zero-order chi connectivity index (χ0) is 14.2. The Balaban J connectivity index is 2.42. The molecule has 0 saturated heterocycles. The average molecular weight is 300 g/mol. The molecular formula is C11H12N2O4S2. The van der Waals surface area contributed by atoms with E-state index in [0.29, 0.717) is 28.3 Å². The van der Waals surface area contributed by atoms with Crippen molar-refractivity contribution in [3.63, 3.8) is 0 Å². The Morgan fingerprint density at radius 1 is 1.32 bits per heavy atom. The van der Waals surface area contributed by atoms with Crippen molar-refractivity contribution >= 4 is 27.0 Å². The van der Waals surface area contributed by atoms with Crippen molar-refractivity contribution in [2.24, 2.45) is 0 Å². The number of hydrogen-bond acceptors (Lipinski definition) is 5. The van der Waals surface area contributed by atoms with Crippen molar-refractivity contribution in [3.05, 3.63) is 39.1 Å². The number of rotatable bonds is 3. The predicted molar refractivity (Wildman–Crippen MR) is 73.3 cm³/mol. The van der Waals surface area contributed by atoms with Gasteiger partial charge in [0.1, 0.15) is 5.75 Å². The van der Waals surface area contributed by atoms with E-state index in [1.165, 1.54) is 25.1 Å². The van der Waals surface area contributed by atoms with Gasteiger partial charge in [0.15, 0.2) is 4.21 Å². The third-order valence-corrected chi connectivity index (χ3v) is 5.45. The minimum Gasteiger partial charge on any atom is -0.508 e. The Morgan fingerprint density at radius 3 is 2.53 bits per heavy atom. The number of aryl methyl sites for hydroxylation is 2. The van der Waals surface area contributed by atoms with E-state index < -0.39 is 14.9 Å². The Morgan fingerprint density at radius 2 is 2.00 bits per heavy atom. The van der Waals surface area contributed by atoms with Crippen molar-refractivity contribution in [1.29, 1.82) is 0 Å². The summed E-state index contributed by atoms with van der Waals surface area (Å²) in [6.45, 7) is 3.19. The molecule has 0 fully saturated rings.